The Morgan fingerprint density at radius 3 is 2.26 bits per heavy atom. The number of hydrogen-bond donors (Lipinski definition) is 2. The van der Waals surface area contributed by atoms with Crippen molar-refractivity contribution in [2.75, 3.05) is 6.61 Å². The van der Waals surface area contributed by atoms with Gasteiger partial charge in [0.05, 0.1) is 5.56 Å². The minimum Gasteiger partial charge on any atom is -0.482 e. The summed E-state index contributed by atoms with van der Waals surface area (Å²) in [4.78, 5) is 13.1. The minimum absolute atomic E-state index is 0.0183. The number of aliphatic carboxylic acids is 1. The highest BCUT2D eigenvalue weighted by Gasteiger charge is 2.32. The van der Waals surface area contributed by atoms with E-state index in [1.165, 1.54) is 12.1 Å². The number of ether oxygens (including phenoxy) is 1. The summed E-state index contributed by atoms with van der Waals surface area (Å²) in [6.45, 7) is 3.48. The average Bonchev–Trinajstić information content (AvgIpc) is 3.38. The van der Waals surface area contributed by atoms with Crippen molar-refractivity contribution in [2.24, 2.45) is 0 Å². The highest BCUT2D eigenvalue weighted by atomic mass is 32.2. The molecule has 4 nitrogen and oxygen atoms in total. The van der Waals surface area contributed by atoms with Gasteiger partial charge in [-0.2, -0.15) is 13.2 Å². The van der Waals surface area contributed by atoms with E-state index in [9.17, 15) is 18.0 Å². The zero-order valence-electron chi connectivity index (χ0n) is 23.5. The number of allylic oxidation sites excluding steroid dienone is 1. The summed E-state index contributed by atoms with van der Waals surface area (Å²) in [5.74, 6) is -0.513. The molecule has 0 bridgehead atoms. The van der Waals surface area contributed by atoms with Crippen LogP contribution >= 0.6 is 23.5 Å². The average molecular weight is 622 g/mol. The van der Waals surface area contributed by atoms with Crippen LogP contribution in [0.4, 0.5) is 13.2 Å². The van der Waals surface area contributed by atoms with Gasteiger partial charge in [-0.05, 0) is 78.4 Å². The summed E-state index contributed by atoms with van der Waals surface area (Å²) in [6.07, 6.45) is -3.64. The Morgan fingerprint density at radius 2 is 1.63 bits per heavy atom. The maximum absolute atomic E-state index is 13.1. The number of rotatable bonds is 10. The van der Waals surface area contributed by atoms with Crippen molar-refractivity contribution >= 4 is 29.5 Å². The third-order valence-corrected chi connectivity index (χ3v) is 9.89. The molecule has 2 unspecified atom stereocenters. The summed E-state index contributed by atoms with van der Waals surface area (Å²) in [5.41, 5.74) is 5.38. The second kappa shape index (κ2) is 13.2. The van der Waals surface area contributed by atoms with Gasteiger partial charge < -0.3 is 15.2 Å². The van der Waals surface area contributed by atoms with Crippen LogP contribution in [0.1, 0.15) is 34.6 Å². The number of thioether (sulfide) groups is 2. The Kier molecular flexibility index (Phi) is 9.42. The Morgan fingerprint density at radius 1 is 0.953 bits per heavy atom. The van der Waals surface area contributed by atoms with Gasteiger partial charge >= 0.3 is 12.1 Å². The zero-order valence-corrected chi connectivity index (χ0v) is 25.2. The normalized spacial score (nSPS) is 15.7. The maximum Gasteiger partial charge on any atom is 0.416 e. The summed E-state index contributed by atoms with van der Waals surface area (Å²) < 4.78 is 44.8. The van der Waals surface area contributed by atoms with Crippen LogP contribution in [0.2, 0.25) is 0 Å². The van der Waals surface area contributed by atoms with Crippen molar-refractivity contribution in [3.8, 4) is 16.9 Å². The highest BCUT2D eigenvalue weighted by molar-refractivity contribution is 8.06. The van der Waals surface area contributed by atoms with Crippen LogP contribution in [0, 0.1) is 6.92 Å². The topological polar surface area (TPSA) is 58.6 Å². The molecule has 1 aliphatic heterocycles. The van der Waals surface area contributed by atoms with E-state index in [1.807, 2.05) is 44.2 Å². The molecular weight excluding hydrogens is 592 g/mol. The summed E-state index contributed by atoms with van der Waals surface area (Å²) in [6, 6.07) is 29.7. The van der Waals surface area contributed by atoms with Crippen molar-refractivity contribution in [3.63, 3.8) is 0 Å². The first-order valence-corrected chi connectivity index (χ1v) is 15.4. The lowest BCUT2D eigenvalue weighted by molar-refractivity contribution is -0.139. The largest absolute Gasteiger partial charge is 0.482 e. The predicted octanol–water partition coefficient (Wildman–Crippen LogP) is 9.11. The molecule has 4 aromatic rings. The molecule has 0 aromatic heterocycles. The van der Waals surface area contributed by atoms with Gasteiger partial charge in [-0.1, -0.05) is 78.5 Å². The van der Waals surface area contributed by atoms with Crippen LogP contribution < -0.4 is 10.1 Å². The number of aryl methyl sites for hydroxylation is 1. The van der Waals surface area contributed by atoms with Crippen LogP contribution in [0.5, 0.6) is 5.75 Å². The van der Waals surface area contributed by atoms with Crippen molar-refractivity contribution in [3.05, 3.63) is 130 Å². The smallest absolute Gasteiger partial charge is 0.416 e. The van der Waals surface area contributed by atoms with Crippen LogP contribution in [0.3, 0.4) is 0 Å². The molecule has 0 radical (unpaired) electrons. The Labute approximate surface area is 257 Å². The molecule has 1 aliphatic rings. The van der Waals surface area contributed by atoms with Gasteiger partial charge in [-0.3, -0.25) is 0 Å². The number of halogens is 3. The Hall–Kier alpha value is -3.82. The van der Waals surface area contributed by atoms with Gasteiger partial charge in [0.25, 0.3) is 0 Å². The molecule has 0 spiro atoms. The van der Waals surface area contributed by atoms with Gasteiger partial charge in [0.1, 0.15) is 11.1 Å². The second-order valence-electron chi connectivity index (χ2n) is 10.2. The molecule has 0 fully saturated rings. The molecule has 222 valence electrons. The van der Waals surface area contributed by atoms with E-state index in [0.29, 0.717) is 5.75 Å². The van der Waals surface area contributed by atoms with E-state index in [1.54, 1.807) is 29.6 Å². The molecule has 4 aromatic carbocycles. The Balaban J connectivity index is 1.39. The first kappa shape index (κ1) is 30.6. The number of benzene rings is 4. The predicted molar refractivity (Wildman–Crippen MR) is 167 cm³/mol. The molecule has 2 atom stereocenters. The molecular formula is C34H30F3NO3S2. The lowest BCUT2D eigenvalue weighted by Gasteiger charge is -2.20. The number of hydrogen-bond acceptors (Lipinski definition) is 5. The lowest BCUT2D eigenvalue weighted by Crippen LogP contribution is -2.12. The van der Waals surface area contributed by atoms with E-state index >= 15 is 0 Å². The SMILES string of the molecule is CC1=C(C(Cc2ccc(-c3ccccc3)cc2)Sc2ccc(OCC(=O)O)c(C)c2)SC(c2ccc(C(F)(F)F)cc2)N1. The van der Waals surface area contributed by atoms with Gasteiger partial charge in [-0.25, -0.2) is 4.79 Å². The molecule has 0 aliphatic carbocycles. The maximum atomic E-state index is 13.1. The van der Waals surface area contributed by atoms with Gasteiger partial charge in [0.2, 0.25) is 0 Å². The van der Waals surface area contributed by atoms with Gasteiger partial charge in [-0.15, -0.1) is 11.8 Å². The monoisotopic (exact) mass is 621 g/mol. The number of carboxylic acids is 1. The minimum atomic E-state index is -4.38. The molecule has 5 rings (SSSR count). The van der Waals surface area contributed by atoms with Crippen molar-refractivity contribution in [2.45, 2.75) is 42.0 Å². The first-order chi connectivity index (χ1) is 20.6. The van der Waals surface area contributed by atoms with E-state index in [4.69, 9.17) is 9.84 Å². The molecule has 0 amide bonds. The van der Waals surface area contributed by atoms with Crippen molar-refractivity contribution < 1.29 is 27.8 Å². The summed E-state index contributed by atoms with van der Waals surface area (Å²) >= 11 is 3.32. The van der Waals surface area contributed by atoms with Crippen LogP contribution in [0.15, 0.2) is 113 Å². The first-order valence-electron chi connectivity index (χ1n) is 13.6. The number of carboxylic acid groups (broad SMARTS) is 1. The third-order valence-electron chi connectivity index (χ3n) is 7.05. The van der Waals surface area contributed by atoms with Crippen LogP contribution in [0.25, 0.3) is 11.1 Å². The van der Waals surface area contributed by atoms with Crippen LogP contribution in [-0.4, -0.2) is 22.9 Å². The molecule has 0 saturated carbocycles. The fraction of sp³-hybridized carbons (Fsp3) is 0.206. The van der Waals surface area contributed by atoms with E-state index < -0.39 is 24.3 Å². The highest BCUT2D eigenvalue weighted by Crippen LogP contribution is 2.47. The summed E-state index contributed by atoms with van der Waals surface area (Å²) in [5, 5.41) is 12.3. The molecule has 2 N–H and O–H groups in total. The lowest BCUT2D eigenvalue weighted by atomic mass is 10.0. The summed E-state index contributed by atoms with van der Waals surface area (Å²) in [7, 11) is 0. The molecule has 9 heteroatoms. The van der Waals surface area contributed by atoms with Gasteiger partial charge in [0, 0.05) is 20.7 Å². The molecule has 0 saturated heterocycles. The Bertz CT molecular complexity index is 1610. The third kappa shape index (κ3) is 7.77. The van der Waals surface area contributed by atoms with Crippen molar-refractivity contribution in [1.82, 2.24) is 5.32 Å². The van der Waals surface area contributed by atoms with E-state index in [2.05, 4.69) is 41.7 Å². The standard InChI is InChI=1S/C34H30F3NO3S2/c1-21-18-28(16-17-29(21)41-20-31(39)40)42-30(19-23-8-10-25(11-9-23)24-6-4-3-5-7-24)32-22(2)38-33(43-32)26-12-14-27(15-13-26)34(35,36)37/h3-18,30,33,38H,19-20H2,1-2H3,(H,39,40). The van der Waals surface area contributed by atoms with E-state index in [-0.39, 0.29) is 10.6 Å². The van der Waals surface area contributed by atoms with Crippen LogP contribution in [-0.2, 0) is 17.4 Å². The second-order valence-corrected chi connectivity index (χ2v) is 12.7. The van der Waals surface area contributed by atoms with E-state index in [0.717, 1.165) is 61.9 Å². The number of carbonyl (C=O) groups is 1. The number of alkyl halides is 3. The van der Waals surface area contributed by atoms with Gasteiger partial charge in [0.15, 0.2) is 6.61 Å². The molecule has 1 heterocycles. The fourth-order valence-electron chi connectivity index (χ4n) is 4.85. The number of nitrogens with one attached hydrogen (secondary N) is 1. The molecule has 43 heavy (non-hydrogen) atoms. The fourth-order valence-corrected chi connectivity index (χ4v) is 7.70. The zero-order chi connectivity index (χ0) is 30.6. The quantitative estimate of drug-likeness (QED) is 0.172. The van der Waals surface area contributed by atoms with Crippen molar-refractivity contribution in [1.29, 1.82) is 0 Å².